The van der Waals surface area contributed by atoms with Crippen LogP contribution in [-0.2, 0) is 0 Å². The summed E-state index contributed by atoms with van der Waals surface area (Å²) in [5, 5.41) is 0. The molecule has 0 saturated heterocycles. The molecule has 8 heavy (non-hydrogen) atoms. The molecule has 0 rings (SSSR count). The molecule has 1 nitrogen and oxygen atoms in total. The van der Waals surface area contributed by atoms with Gasteiger partial charge in [0, 0.05) is 6.21 Å². The minimum atomic E-state index is -4.42. The van der Waals surface area contributed by atoms with Crippen LogP contribution in [0.1, 0.15) is 6.42 Å². The predicted molar refractivity (Wildman–Crippen MR) is 24.5 cm³/mol. The number of hydrogen-bond donors (Lipinski definition) is 0. The van der Waals surface area contributed by atoms with Gasteiger partial charge in [-0.25, -0.2) is 0 Å². The third-order valence-corrected chi connectivity index (χ3v) is 0.367. The Morgan fingerprint density at radius 1 is 1.50 bits per heavy atom. The summed E-state index contributed by atoms with van der Waals surface area (Å²) in [6.07, 6.45) is -3.63. The van der Waals surface area contributed by atoms with Crippen molar-refractivity contribution >= 4 is 6.21 Å². The summed E-state index contributed by atoms with van der Waals surface area (Å²) in [6, 6.07) is 0. The number of alkyl halides is 3. The van der Waals surface area contributed by atoms with Gasteiger partial charge >= 0.3 is 6.30 Å². The quantitative estimate of drug-likeness (QED) is 0.373. The van der Waals surface area contributed by atoms with E-state index in [4.69, 9.17) is 0 Å². The molecule has 0 bridgehead atoms. The first-order chi connectivity index (χ1) is 3.56. The van der Waals surface area contributed by atoms with Gasteiger partial charge in [-0.15, -0.1) is 13.2 Å². The van der Waals surface area contributed by atoms with Gasteiger partial charge in [-0.1, -0.05) is 0 Å². The third-order valence-electron chi connectivity index (χ3n) is 0.367. The summed E-state index contributed by atoms with van der Waals surface area (Å²) >= 11 is 0. The molecule has 0 N–H and O–H groups in total. The minimum Gasteiger partial charge on any atom is -0.197 e. The van der Waals surface area contributed by atoms with Crippen LogP contribution in [0.4, 0.5) is 13.2 Å². The monoisotopic (exact) mass is 124 g/mol. The van der Waals surface area contributed by atoms with Gasteiger partial charge < -0.3 is 0 Å². The first-order valence-corrected chi connectivity index (χ1v) is 1.96. The number of hydrogen-bond acceptors (Lipinski definition) is 1. The standard InChI is InChI=1S/C4H5F3N/c1-2-3-8-4(5,6)7/h3H,1-2H2. The molecule has 0 heterocycles. The van der Waals surface area contributed by atoms with Gasteiger partial charge in [-0.2, -0.15) is 4.99 Å². The Morgan fingerprint density at radius 3 is 2.12 bits per heavy atom. The van der Waals surface area contributed by atoms with Gasteiger partial charge in [0.05, 0.1) is 0 Å². The SMILES string of the molecule is [CH2]CC=NC(F)(F)F. The molecule has 0 aliphatic rings. The summed E-state index contributed by atoms with van der Waals surface area (Å²) in [5.74, 6) is 0. The van der Waals surface area contributed by atoms with Crippen LogP contribution in [0.5, 0.6) is 0 Å². The number of halogens is 3. The van der Waals surface area contributed by atoms with Crippen LogP contribution in [0, 0.1) is 6.92 Å². The van der Waals surface area contributed by atoms with Crippen molar-refractivity contribution in [3.63, 3.8) is 0 Å². The molecule has 0 aromatic heterocycles. The molecule has 0 unspecified atom stereocenters. The second-order valence-electron chi connectivity index (χ2n) is 1.07. The molecule has 0 amide bonds. The Hall–Kier alpha value is -0.540. The zero-order valence-corrected chi connectivity index (χ0v) is 4.07. The van der Waals surface area contributed by atoms with Crippen LogP contribution in [0.3, 0.4) is 0 Å². The van der Waals surface area contributed by atoms with E-state index >= 15 is 0 Å². The van der Waals surface area contributed by atoms with E-state index < -0.39 is 6.30 Å². The van der Waals surface area contributed by atoms with E-state index in [1.54, 1.807) is 0 Å². The van der Waals surface area contributed by atoms with Crippen molar-refractivity contribution in [3.8, 4) is 0 Å². The number of nitrogens with zero attached hydrogens (tertiary/aromatic N) is 1. The fraction of sp³-hybridized carbons (Fsp3) is 0.500. The Morgan fingerprint density at radius 2 is 2.00 bits per heavy atom. The molecule has 0 aliphatic carbocycles. The highest BCUT2D eigenvalue weighted by Gasteiger charge is 2.23. The summed E-state index contributed by atoms with van der Waals surface area (Å²) in [7, 11) is 0. The molecule has 0 saturated carbocycles. The lowest BCUT2D eigenvalue weighted by atomic mass is 10.5. The van der Waals surface area contributed by atoms with Crippen LogP contribution >= 0.6 is 0 Å². The van der Waals surface area contributed by atoms with Gasteiger partial charge in [-0.3, -0.25) is 0 Å². The molecule has 0 spiro atoms. The van der Waals surface area contributed by atoms with Crippen LogP contribution in [0.15, 0.2) is 4.99 Å². The van der Waals surface area contributed by atoms with Crippen LogP contribution in [0.2, 0.25) is 0 Å². The van der Waals surface area contributed by atoms with Gasteiger partial charge in [0.2, 0.25) is 0 Å². The highest BCUT2D eigenvalue weighted by Crippen LogP contribution is 2.14. The first-order valence-electron chi connectivity index (χ1n) is 1.96. The van der Waals surface area contributed by atoms with Crippen molar-refractivity contribution in [2.24, 2.45) is 4.99 Å². The summed E-state index contributed by atoms with van der Waals surface area (Å²) in [5.41, 5.74) is 0. The van der Waals surface area contributed by atoms with Crippen LogP contribution in [0.25, 0.3) is 0 Å². The Bertz CT molecular complexity index is 83.8. The minimum absolute atomic E-state index is 0.0690. The average molecular weight is 124 g/mol. The van der Waals surface area contributed by atoms with Crippen LogP contribution < -0.4 is 0 Å². The van der Waals surface area contributed by atoms with Crippen molar-refractivity contribution in [2.75, 3.05) is 0 Å². The van der Waals surface area contributed by atoms with Gasteiger partial charge in [0.1, 0.15) is 0 Å². The van der Waals surface area contributed by atoms with Crippen LogP contribution in [-0.4, -0.2) is 12.5 Å². The van der Waals surface area contributed by atoms with Crippen molar-refractivity contribution in [3.05, 3.63) is 6.92 Å². The second-order valence-corrected chi connectivity index (χ2v) is 1.07. The maximum Gasteiger partial charge on any atom is 0.502 e. The van der Waals surface area contributed by atoms with E-state index in [1.165, 1.54) is 0 Å². The molecular weight excluding hydrogens is 119 g/mol. The summed E-state index contributed by atoms with van der Waals surface area (Å²) < 4.78 is 33.1. The highest BCUT2D eigenvalue weighted by molar-refractivity contribution is 5.57. The molecule has 0 aromatic rings. The fourth-order valence-electron chi connectivity index (χ4n) is 0.168. The number of aliphatic imine (C=N–C) groups is 1. The lowest BCUT2D eigenvalue weighted by molar-refractivity contribution is -0.119. The molecule has 4 heteroatoms. The van der Waals surface area contributed by atoms with Crippen molar-refractivity contribution in [1.29, 1.82) is 0 Å². The van der Waals surface area contributed by atoms with E-state index in [0.717, 1.165) is 6.21 Å². The Balaban J connectivity index is 3.52. The summed E-state index contributed by atoms with van der Waals surface area (Å²) in [4.78, 5) is 2.19. The average Bonchev–Trinajstić information content (AvgIpc) is 1.59. The Kier molecular flexibility index (Phi) is 2.51. The molecule has 0 atom stereocenters. The van der Waals surface area contributed by atoms with Crippen molar-refractivity contribution < 1.29 is 13.2 Å². The molecule has 0 fully saturated rings. The van der Waals surface area contributed by atoms with Gasteiger partial charge in [-0.05, 0) is 13.3 Å². The van der Waals surface area contributed by atoms with E-state index in [-0.39, 0.29) is 6.42 Å². The molecule has 0 aromatic carbocycles. The highest BCUT2D eigenvalue weighted by atomic mass is 19.4. The predicted octanol–water partition coefficient (Wildman–Crippen LogP) is 1.80. The zero-order chi connectivity index (χ0) is 6.62. The first kappa shape index (κ1) is 7.46. The molecule has 1 radical (unpaired) electrons. The molecule has 0 aliphatic heterocycles. The van der Waals surface area contributed by atoms with Gasteiger partial charge in [0.15, 0.2) is 0 Å². The molecular formula is C4H5F3N. The lowest BCUT2D eigenvalue weighted by Crippen LogP contribution is -2.01. The normalized spacial score (nSPS) is 13.0. The smallest absolute Gasteiger partial charge is 0.197 e. The van der Waals surface area contributed by atoms with Crippen molar-refractivity contribution in [2.45, 2.75) is 12.7 Å². The Labute approximate surface area is 45.2 Å². The third kappa shape index (κ3) is 5.46. The molecule has 47 valence electrons. The number of rotatable bonds is 1. The largest absolute Gasteiger partial charge is 0.502 e. The zero-order valence-electron chi connectivity index (χ0n) is 4.07. The second kappa shape index (κ2) is 2.69. The van der Waals surface area contributed by atoms with Gasteiger partial charge in [0.25, 0.3) is 0 Å². The maximum absolute atomic E-state index is 11.0. The fourth-order valence-corrected chi connectivity index (χ4v) is 0.168. The summed E-state index contributed by atoms with van der Waals surface area (Å²) in [6.45, 7) is 3.14. The topological polar surface area (TPSA) is 12.4 Å². The van der Waals surface area contributed by atoms with E-state index in [0.29, 0.717) is 0 Å². The maximum atomic E-state index is 11.0. The van der Waals surface area contributed by atoms with Crippen molar-refractivity contribution in [1.82, 2.24) is 0 Å². The van der Waals surface area contributed by atoms with E-state index in [9.17, 15) is 13.2 Å². The van der Waals surface area contributed by atoms with E-state index in [1.807, 2.05) is 0 Å². The lowest BCUT2D eigenvalue weighted by Gasteiger charge is -1.93. The van der Waals surface area contributed by atoms with E-state index in [2.05, 4.69) is 11.9 Å².